The minimum Gasteiger partial charge on any atom is -0.392 e. The molecule has 1 saturated heterocycles. The highest BCUT2D eigenvalue weighted by Gasteiger charge is 2.26. The van der Waals surface area contributed by atoms with Crippen molar-refractivity contribution >= 4 is 0 Å². The monoisotopic (exact) mass is 280 g/mol. The van der Waals surface area contributed by atoms with Crippen LogP contribution in [-0.4, -0.2) is 48.3 Å². The average molecular weight is 280 g/mol. The van der Waals surface area contributed by atoms with Gasteiger partial charge < -0.3 is 15.3 Å². The number of aliphatic hydroxyl groups is 1. The zero-order valence-corrected chi connectivity index (χ0v) is 12.9. The fourth-order valence-electron chi connectivity index (χ4n) is 3.98. The summed E-state index contributed by atoms with van der Waals surface area (Å²) >= 11 is 0. The highest BCUT2D eigenvalue weighted by atomic mass is 16.3. The zero-order chi connectivity index (χ0) is 13.8. The Morgan fingerprint density at radius 3 is 2.30 bits per heavy atom. The molecule has 3 nitrogen and oxygen atoms in total. The van der Waals surface area contributed by atoms with Crippen LogP contribution in [0.2, 0.25) is 0 Å². The second-order valence-electron chi connectivity index (χ2n) is 7.47. The number of hydrogen-bond acceptors (Lipinski definition) is 3. The maximum Gasteiger partial charge on any atom is 0.0669 e. The van der Waals surface area contributed by atoms with Crippen molar-refractivity contribution in [2.45, 2.75) is 69.9 Å². The number of nitrogens with zero attached hydrogens (tertiary/aromatic N) is 1. The van der Waals surface area contributed by atoms with Gasteiger partial charge in [-0.1, -0.05) is 25.7 Å². The first-order chi connectivity index (χ1) is 9.79. The predicted octanol–water partition coefficient (Wildman–Crippen LogP) is 2.39. The average Bonchev–Trinajstić information content (AvgIpc) is 3.14. The molecule has 0 aromatic carbocycles. The van der Waals surface area contributed by atoms with E-state index in [1.165, 1.54) is 71.0 Å². The Morgan fingerprint density at radius 1 is 0.950 bits per heavy atom. The number of likely N-dealkylation sites (tertiary alicyclic amines) is 1. The van der Waals surface area contributed by atoms with Crippen molar-refractivity contribution in [3.05, 3.63) is 0 Å². The molecular weight excluding hydrogens is 248 g/mol. The molecular formula is C17H32N2O. The lowest BCUT2D eigenvalue weighted by Gasteiger charge is -2.34. The Bertz CT molecular complexity index is 279. The number of aliphatic hydroxyl groups excluding tert-OH is 1. The minimum absolute atomic E-state index is 0.0888. The first-order valence-electron chi connectivity index (χ1n) is 8.93. The molecule has 3 heteroatoms. The van der Waals surface area contributed by atoms with Crippen molar-refractivity contribution in [1.29, 1.82) is 0 Å². The largest absolute Gasteiger partial charge is 0.392 e. The maximum absolute atomic E-state index is 10.3. The molecule has 3 aliphatic rings. The van der Waals surface area contributed by atoms with Crippen molar-refractivity contribution in [2.24, 2.45) is 11.8 Å². The lowest BCUT2D eigenvalue weighted by Crippen LogP contribution is -2.45. The lowest BCUT2D eigenvalue weighted by molar-refractivity contribution is 0.0768. The molecule has 1 heterocycles. The summed E-state index contributed by atoms with van der Waals surface area (Å²) in [6, 6.07) is 0.735. The van der Waals surface area contributed by atoms with E-state index < -0.39 is 0 Å². The molecule has 20 heavy (non-hydrogen) atoms. The molecule has 1 atom stereocenters. The first kappa shape index (κ1) is 14.8. The Kier molecular flexibility index (Phi) is 5.36. The van der Waals surface area contributed by atoms with Crippen LogP contribution in [0.1, 0.15) is 57.8 Å². The first-order valence-corrected chi connectivity index (χ1v) is 8.93. The van der Waals surface area contributed by atoms with Gasteiger partial charge in [0.2, 0.25) is 0 Å². The molecule has 0 aromatic rings. The van der Waals surface area contributed by atoms with Gasteiger partial charge in [0.15, 0.2) is 0 Å². The summed E-state index contributed by atoms with van der Waals surface area (Å²) in [5.74, 6) is 1.80. The van der Waals surface area contributed by atoms with Gasteiger partial charge in [0, 0.05) is 12.6 Å². The van der Waals surface area contributed by atoms with E-state index in [1.807, 2.05) is 0 Å². The summed E-state index contributed by atoms with van der Waals surface area (Å²) in [5.41, 5.74) is 0. The molecule has 1 aliphatic heterocycles. The molecule has 0 spiro atoms. The van der Waals surface area contributed by atoms with Gasteiger partial charge in [0.25, 0.3) is 0 Å². The maximum atomic E-state index is 10.3. The number of nitrogens with one attached hydrogen (secondary N) is 1. The molecule has 1 unspecified atom stereocenters. The smallest absolute Gasteiger partial charge is 0.0669 e. The van der Waals surface area contributed by atoms with Gasteiger partial charge in [0.05, 0.1) is 6.10 Å². The van der Waals surface area contributed by atoms with Crippen LogP contribution < -0.4 is 5.32 Å². The summed E-state index contributed by atoms with van der Waals surface area (Å²) in [7, 11) is 0. The van der Waals surface area contributed by atoms with E-state index >= 15 is 0 Å². The second-order valence-corrected chi connectivity index (χ2v) is 7.47. The van der Waals surface area contributed by atoms with E-state index in [0.29, 0.717) is 0 Å². The zero-order valence-electron chi connectivity index (χ0n) is 12.9. The Morgan fingerprint density at radius 2 is 1.65 bits per heavy atom. The third kappa shape index (κ3) is 4.71. The van der Waals surface area contributed by atoms with Crippen LogP contribution in [0.25, 0.3) is 0 Å². The quantitative estimate of drug-likeness (QED) is 0.751. The Labute approximate surface area is 124 Å². The molecule has 0 bridgehead atoms. The molecule has 116 valence electrons. The van der Waals surface area contributed by atoms with Crippen LogP contribution >= 0.6 is 0 Å². The summed E-state index contributed by atoms with van der Waals surface area (Å²) in [5, 5.41) is 14.0. The molecule has 2 aliphatic carbocycles. The van der Waals surface area contributed by atoms with E-state index in [4.69, 9.17) is 0 Å². The molecule has 2 saturated carbocycles. The molecule has 0 radical (unpaired) electrons. The summed E-state index contributed by atoms with van der Waals surface area (Å²) in [6.45, 7) is 4.49. The van der Waals surface area contributed by atoms with Crippen molar-refractivity contribution in [3.8, 4) is 0 Å². The number of β-amino-alcohol motifs (C(OH)–C–C–N with tert-alkyl or cyclic N) is 1. The predicted molar refractivity (Wildman–Crippen MR) is 82.8 cm³/mol. The highest BCUT2D eigenvalue weighted by molar-refractivity contribution is 4.83. The van der Waals surface area contributed by atoms with Crippen molar-refractivity contribution in [2.75, 3.05) is 26.2 Å². The Hall–Kier alpha value is -0.120. The van der Waals surface area contributed by atoms with E-state index in [0.717, 1.165) is 30.8 Å². The number of hydrogen-bond donors (Lipinski definition) is 2. The highest BCUT2D eigenvalue weighted by Crippen LogP contribution is 2.29. The van der Waals surface area contributed by atoms with Crippen LogP contribution in [0.15, 0.2) is 0 Å². The number of piperidine rings is 1. The van der Waals surface area contributed by atoms with Crippen LogP contribution in [0.5, 0.6) is 0 Å². The van der Waals surface area contributed by atoms with Gasteiger partial charge in [-0.25, -0.2) is 0 Å². The van der Waals surface area contributed by atoms with Crippen LogP contribution in [0, 0.1) is 11.8 Å². The van der Waals surface area contributed by atoms with Crippen molar-refractivity contribution < 1.29 is 5.11 Å². The van der Waals surface area contributed by atoms with E-state index in [9.17, 15) is 5.11 Å². The van der Waals surface area contributed by atoms with Gasteiger partial charge in [-0.3, -0.25) is 0 Å². The van der Waals surface area contributed by atoms with E-state index in [-0.39, 0.29) is 6.10 Å². The molecule has 3 rings (SSSR count). The SMILES string of the molecule is OC(CC1CCCC1)CN1CCC(NCC2CC2)CC1. The van der Waals surface area contributed by atoms with Gasteiger partial charge >= 0.3 is 0 Å². The summed E-state index contributed by atoms with van der Waals surface area (Å²) in [6.07, 6.45) is 11.8. The van der Waals surface area contributed by atoms with Crippen molar-refractivity contribution in [3.63, 3.8) is 0 Å². The van der Waals surface area contributed by atoms with Gasteiger partial charge in [-0.15, -0.1) is 0 Å². The summed E-state index contributed by atoms with van der Waals surface area (Å²) < 4.78 is 0. The molecule has 0 aromatic heterocycles. The third-order valence-electron chi connectivity index (χ3n) is 5.53. The standard InChI is InChI=1S/C17H32N2O/c20-17(11-14-3-1-2-4-14)13-19-9-7-16(8-10-19)18-12-15-5-6-15/h14-18,20H,1-13H2. The molecule has 0 amide bonds. The van der Waals surface area contributed by atoms with Gasteiger partial charge in [0.1, 0.15) is 0 Å². The fourth-order valence-corrected chi connectivity index (χ4v) is 3.98. The third-order valence-corrected chi connectivity index (χ3v) is 5.53. The van der Waals surface area contributed by atoms with Crippen LogP contribution in [0.4, 0.5) is 0 Å². The molecule has 2 N–H and O–H groups in total. The van der Waals surface area contributed by atoms with E-state index in [1.54, 1.807) is 0 Å². The van der Waals surface area contributed by atoms with Gasteiger partial charge in [-0.05, 0) is 63.6 Å². The fraction of sp³-hybridized carbons (Fsp3) is 1.00. The topological polar surface area (TPSA) is 35.5 Å². The second kappa shape index (κ2) is 7.24. The molecule has 3 fully saturated rings. The lowest BCUT2D eigenvalue weighted by atomic mass is 9.98. The van der Waals surface area contributed by atoms with Crippen LogP contribution in [-0.2, 0) is 0 Å². The Balaban J connectivity index is 1.28. The van der Waals surface area contributed by atoms with Gasteiger partial charge in [-0.2, -0.15) is 0 Å². The van der Waals surface area contributed by atoms with Crippen molar-refractivity contribution in [1.82, 2.24) is 10.2 Å². The summed E-state index contributed by atoms with van der Waals surface area (Å²) in [4.78, 5) is 2.48. The number of rotatable bonds is 7. The van der Waals surface area contributed by atoms with Crippen LogP contribution in [0.3, 0.4) is 0 Å². The minimum atomic E-state index is -0.0888. The normalized spacial score (nSPS) is 28.1. The van der Waals surface area contributed by atoms with E-state index in [2.05, 4.69) is 10.2 Å².